The SMILES string of the molecule is CCC(CC)(NC(=O)Nc1ccc(OC(F)F)cc1F)C(=O)O. The fourth-order valence-corrected chi connectivity index (χ4v) is 1.93. The van der Waals surface area contributed by atoms with Gasteiger partial charge in [-0.1, -0.05) is 13.8 Å². The zero-order valence-corrected chi connectivity index (χ0v) is 12.5. The predicted molar refractivity (Wildman–Crippen MR) is 76.1 cm³/mol. The Morgan fingerprint density at radius 3 is 2.35 bits per heavy atom. The minimum Gasteiger partial charge on any atom is -0.480 e. The maximum Gasteiger partial charge on any atom is 0.387 e. The van der Waals surface area contributed by atoms with Crippen molar-refractivity contribution in [2.24, 2.45) is 0 Å². The van der Waals surface area contributed by atoms with E-state index in [2.05, 4.69) is 15.4 Å². The van der Waals surface area contributed by atoms with Crippen LogP contribution in [0.25, 0.3) is 0 Å². The number of carbonyl (C=O) groups excluding carboxylic acids is 1. The largest absolute Gasteiger partial charge is 0.480 e. The van der Waals surface area contributed by atoms with Gasteiger partial charge in [0.15, 0.2) is 0 Å². The first-order valence-corrected chi connectivity index (χ1v) is 6.81. The highest BCUT2D eigenvalue weighted by molar-refractivity contribution is 5.94. The van der Waals surface area contributed by atoms with Gasteiger partial charge in [0.1, 0.15) is 17.1 Å². The molecule has 1 aromatic rings. The molecule has 6 nitrogen and oxygen atoms in total. The number of ether oxygens (including phenoxy) is 1. The first-order valence-electron chi connectivity index (χ1n) is 6.81. The second-order valence-corrected chi connectivity index (χ2v) is 4.69. The third-order valence-corrected chi connectivity index (χ3v) is 3.38. The summed E-state index contributed by atoms with van der Waals surface area (Å²) in [6.45, 7) is 0.0889. The van der Waals surface area contributed by atoms with E-state index < -0.39 is 35.7 Å². The number of carboxylic acids is 1. The molecular weight excluding hydrogens is 317 g/mol. The van der Waals surface area contributed by atoms with Crippen molar-refractivity contribution in [3.8, 4) is 5.75 Å². The van der Waals surface area contributed by atoms with Crippen LogP contribution in [0.15, 0.2) is 18.2 Å². The van der Waals surface area contributed by atoms with E-state index in [4.69, 9.17) is 0 Å². The monoisotopic (exact) mass is 334 g/mol. The number of rotatable bonds is 7. The van der Waals surface area contributed by atoms with Crippen LogP contribution in [0, 0.1) is 5.82 Å². The Hall–Kier alpha value is -2.45. The minimum absolute atomic E-state index is 0.135. The highest BCUT2D eigenvalue weighted by Gasteiger charge is 2.36. The van der Waals surface area contributed by atoms with Gasteiger partial charge >= 0.3 is 18.6 Å². The number of carbonyl (C=O) groups is 2. The summed E-state index contributed by atoms with van der Waals surface area (Å²) >= 11 is 0. The summed E-state index contributed by atoms with van der Waals surface area (Å²) in [7, 11) is 0. The Morgan fingerprint density at radius 1 is 1.30 bits per heavy atom. The first kappa shape index (κ1) is 18.6. The van der Waals surface area contributed by atoms with Crippen LogP contribution < -0.4 is 15.4 Å². The third kappa shape index (κ3) is 4.76. The van der Waals surface area contributed by atoms with Crippen molar-refractivity contribution in [1.82, 2.24) is 5.32 Å². The highest BCUT2D eigenvalue weighted by Crippen LogP contribution is 2.22. The van der Waals surface area contributed by atoms with Crippen LogP contribution in [0.2, 0.25) is 0 Å². The predicted octanol–water partition coefficient (Wildman–Crippen LogP) is 3.19. The van der Waals surface area contributed by atoms with Gasteiger partial charge in [-0.25, -0.2) is 14.0 Å². The van der Waals surface area contributed by atoms with Crippen LogP contribution in [0.4, 0.5) is 23.7 Å². The van der Waals surface area contributed by atoms with Crippen molar-refractivity contribution in [2.45, 2.75) is 38.8 Å². The van der Waals surface area contributed by atoms with Gasteiger partial charge in [-0.3, -0.25) is 0 Å². The van der Waals surface area contributed by atoms with Crippen LogP contribution in [-0.2, 0) is 4.79 Å². The van der Waals surface area contributed by atoms with Crippen molar-refractivity contribution in [3.05, 3.63) is 24.0 Å². The molecule has 0 aliphatic heterocycles. The van der Waals surface area contributed by atoms with Gasteiger partial charge in [0.2, 0.25) is 0 Å². The number of aliphatic carboxylic acids is 1. The summed E-state index contributed by atoms with van der Waals surface area (Å²) in [5, 5.41) is 13.6. The lowest BCUT2D eigenvalue weighted by Gasteiger charge is -2.28. The van der Waals surface area contributed by atoms with E-state index in [0.29, 0.717) is 6.07 Å². The Labute approximate surface area is 130 Å². The number of hydrogen-bond acceptors (Lipinski definition) is 3. The molecule has 0 bridgehead atoms. The number of nitrogens with one attached hydrogen (secondary N) is 2. The van der Waals surface area contributed by atoms with E-state index in [1.807, 2.05) is 0 Å². The fraction of sp³-hybridized carbons (Fsp3) is 0.429. The fourth-order valence-electron chi connectivity index (χ4n) is 1.93. The molecule has 0 spiro atoms. The Bertz CT molecular complexity index is 577. The number of benzene rings is 1. The zero-order valence-electron chi connectivity index (χ0n) is 12.5. The van der Waals surface area contributed by atoms with E-state index in [0.717, 1.165) is 12.1 Å². The molecule has 1 rings (SSSR count). The second-order valence-electron chi connectivity index (χ2n) is 4.69. The lowest BCUT2D eigenvalue weighted by atomic mass is 9.93. The van der Waals surface area contributed by atoms with Gasteiger partial charge in [0, 0.05) is 6.07 Å². The quantitative estimate of drug-likeness (QED) is 0.714. The van der Waals surface area contributed by atoms with E-state index >= 15 is 0 Å². The minimum atomic E-state index is -3.10. The summed E-state index contributed by atoms with van der Waals surface area (Å²) in [5.41, 5.74) is -1.77. The molecule has 1 aromatic carbocycles. The molecule has 0 unspecified atom stereocenters. The van der Waals surface area contributed by atoms with Gasteiger partial charge in [-0.05, 0) is 25.0 Å². The van der Waals surface area contributed by atoms with Crippen LogP contribution in [0.5, 0.6) is 5.75 Å². The Kier molecular flexibility index (Phi) is 6.23. The van der Waals surface area contributed by atoms with Crippen molar-refractivity contribution >= 4 is 17.7 Å². The lowest BCUT2D eigenvalue weighted by molar-refractivity contribution is -0.144. The van der Waals surface area contributed by atoms with Crippen molar-refractivity contribution in [1.29, 1.82) is 0 Å². The number of urea groups is 1. The molecule has 128 valence electrons. The molecule has 0 aliphatic rings. The highest BCUT2D eigenvalue weighted by atomic mass is 19.3. The van der Waals surface area contributed by atoms with Gasteiger partial charge in [-0.15, -0.1) is 0 Å². The topological polar surface area (TPSA) is 87.7 Å². The zero-order chi connectivity index (χ0) is 17.6. The summed E-state index contributed by atoms with van der Waals surface area (Å²) in [5.74, 6) is -2.60. The molecule has 0 aromatic heterocycles. The van der Waals surface area contributed by atoms with E-state index in [1.165, 1.54) is 0 Å². The van der Waals surface area contributed by atoms with Crippen molar-refractivity contribution in [2.75, 3.05) is 5.32 Å². The molecule has 0 saturated carbocycles. The first-order chi connectivity index (χ1) is 10.7. The summed E-state index contributed by atoms with van der Waals surface area (Å²) < 4.78 is 41.8. The number of amides is 2. The summed E-state index contributed by atoms with van der Waals surface area (Å²) in [6.07, 6.45) is 0.270. The average Bonchev–Trinajstić information content (AvgIpc) is 2.46. The second kappa shape index (κ2) is 7.70. The van der Waals surface area contributed by atoms with E-state index in [9.17, 15) is 27.9 Å². The Balaban J connectivity index is 2.83. The standard InChI is InChI=1S/C14H17F3N2O4/c1-3-14(4-2,11(20)21)19-13(22)18-10-6-5-8(7-9(10)15)23-12(16)17/h5-7,12H,3-4H2,1-2H3,(H,20,21)(H2,18,19,22). The average molecular weight is 334 g/mol. The number of alkyl halides is 2. The van der Waals surface area contributed by atoms with Crippen LogP contribution in [0.3, 0.4) is 0 Å². The molecule has 0 radical (unpaired) electrons. The maximum absolute atomic E-state index is 13.7. The normalized spacial score (nSPS) is 11.2. The summed E-state index contributed by atoms with van der Waals surface area (Å²) in [4.78, 5) is 23.1. The lowest BCUT2D eigenvalue weighted by Crippen LogP contribution is -2.55. The number of carboxylic acid groups (broad SMARTS) is 1. The molecule has 9 heteroatoms. The number of hydrogen-bond donors (Lipinski definition) is 3. The summed E-state index contributed by atoms with van der Waals surface area (Å²) in [6, 6.07) is 1.85. The molecule has 0 saturated heterocycles. The van der Waals surface area contributed by atoms with Gasteiger partial charge in [-0.2, -0.15) is 8.78 Å². The molecular formula is C14H17F3N2O4. The van der Waals surface area contributed by atoms with Crippen molar-refractivity contribution < 1.29 is 32.6 Å². The molecule has 2 amide bonds. The third-order valence-electron chi connectivity index (χ3n) is 3.38. The maximum atomic E-state index is 13.7. The molecule has 0 atom stereocenters. The molecule has 0 fully saturated rings. The van der Waals surface area contributed by atoms with E-state index in [-0.39, 0.29) is 18.5 Å². The smallest absolute Gasteiger partial charge is 0.387 e. The van der Waals surface area contributed by atoms with Crippen LogP contribution >= 0.6 is 0 Å². The number of anilines is 1. The number of halogens is 3. The van der Waals surface area contributed by atoms with E-state index in [1.54, 1.807) is 13.8 Å². The van der Waals surface area contributed by atoms with Gasteiger partial charge in [0.25, 0.3) is 0 Å². The van der Waals surface area contributed by atoms with Gasteiger partial charge in [0.05, 0.1) is 5.69 Å². The molecule has 3 N–H and O–H groups in total. The van der Waals surface area contributed by atoms with Gasteiger partial charge < -0.3 is 20.5 Å². The molecule has 0 heterocycles. The molecule has 0 aliphatic carbocycles. The Morgan fingerprint density at radius 2 is 1.91 bits per heavy atom. The molecule has 23 heavy (non-hydrogen) atoms. The van der Waals surface area contributed by atoms with Crippen molar-refractivity contribution in [3.63, 3.8) is 0 Å². The van der Waals surface area contributed by atoms with Crippen LogP contribution in [0.1, 0.15) is 26.7 Å². The van der Waals surface area contributed by atoms with Crippen LogP contribution in [-0.4, -0.2) is 29.3 Å².